The molecule has 0 bridgehead atoms. The number of benzene rings is 3. The Labute approximate surface area is 222 Å². The SMILES string of the molecule is [B]c1ccc2c(c1)C(=O)/C(=C/c1cc3c(s1)N(c1c(C)cc(C)cc1C)c1ccccc1C3(C)C)C2=O. The smallest absolute Gasteiger partial charge is 0.197 e. The summed E-state index contributed by atoms with van der Waals surface area (Å²) in [7, 11) is 5.89. The predicted molar refractivity (Wildman–Crippen MR) is 154 cm³/mol. The van der Waals surface area contributed by atoms with Crippen molar-refractivity contribution in [2.24, 2.45) is 0 Å². The van der Waals surface area contributed by atoms with Gasteiger partial charge in [0.1, 0.15) is 12.8 Å². The number of carbonyl (C=O) groups excluding carboxylic acids is 2. The zero-order valence-electron chi connectivity index (χ0n) is 21.6. The second-order valence-corrected chi connectivity index (χ2v) is 11.7. The van der Waals surface area contributed by atoms with Gasteiger partial charge in [-0.05, 0) is 61.2 Å². The highest BCUT2D eigenvalue weighted by Gasteiger charge is 2.40. The maximum absolute atomic E-state index is 13.2. The molecule has 0 spiro atoms. The molecule has 1 aromatic heterocycles. The van der Waals surface area contributed by atoms with Crippen LogP contribution in [0.3, 0.4) is 0 Å². The van der Waals surface area contributed by atoms with Crippen molar-refractivity contribution in [1.82, 2.24) is 0 Å². The van der Waals surface area contributed by atoms with Gasteiger partial charge in [-0.15, -0.1) is 11.3 Å². The van der Waals surface area contributed by atoms with Crippen molar-refractivity contribution in [1.29, 1.82) is 0 Å². The van der Waals surface area contributed by atoms with Gasteiger partial charge in [-0.2, -0.15) is 0 Å². The van der Waals surface area contributed by atoms with E-state index in [4.69, 9.17) is 7.85 Å². The van der Waals surface area contributed by atoms with Gasteiger partial charge in [0.2, 0.25) is 0 Å². The Morgan fingerprint density at radius 1 is 0.838 bits per heavy atom. The van der Waals surface area contributed by atoms with Crippen molar-refractivity contribution >= 4 is 58.7 Å². The normalized spacial score (nSPS) is 16.7. The molecule has 0 saturated carbocycles. The first-order valence-corrected chi connectivity index (χ1v) is 13.2. The maximum atomic E-state index is 13.2. The average Bonchev–Trinajstić information content (AvgIpc) is 3.37. The molecule has 2 aliphatic rings. The minimum absolute atomic E-state index is 0.198. The van der Waals surface area contributed by atoms with E-state index in [1.807, 2.05) is 0 Å². The van der Waals surface area contributed by atoms with Crippen molar-refractivity contribution < 1.29 is 9.59 Å². The second kappa shape index (κ2) is 8.16. The van der Waals surface area contributed by atoms with E-state index < -0.39 is 0 Å². The van der Waals surface area contributed by atoms with Gasteiger partial charge in [-0.25, -0.2) is 0 Å². The Morgan fingerprint density at radius 3 is 2.24 bits per heavy atom. The zero-order valence-corrected chi connectivity index (χ0v) is 22.4. The summed E-state index contributed by atoms with van der Waals surface area (Å²) in [6, 6.07) is 20.1. The van der Waals surface area contributed by atoms with Crippen LogP contribution in [-0.4, -0.2) is 19.4 Å². The van der Waals surface area contributed by atoms with E-state index in [0.717, 1.165) is 15.6 Å². The van der Waals surface area contributed by atoms with Gasteiger partial charge in [-0.1, -0.05) is 73.4 Å². The topological polar surface area (TPSA) is 37.4 Å². The number of hydrogen-bond donors (Lipinski definition) is 0. The lowest BCUT2D eigenvalue weighted by atomic mass is 9.75. The Balaban J connectivity index is 1.56. The van der Waals surface area contributed by atoms with E-state index in [2.05, 4.69) is 82.0 Å². The number of Topliss-reactive ketones (excluding diaryl/α,β-unsaturated/α-hetero) is 2. The van der Waals surface area contributed by atoms with Crippen LogP contribution in [0.5, 0.6) is 0 Å². The number of allylic oxidation sites excluding steroid dienone is 1. The average molecular weight is 499 g/mol. The molecule has 1 aliphatic heterocycles. The van der Waals surface area contributed by atoms with Crippen LogP contribution in [0, 0.1) is 20.8 Å². The van der Waals surface area contributed by atoms with Gasteiger partial charge >= 0.3 is 0 Å². The Morgan fingerprint density at radius 2 is 1.51 bits per heavy atom. The second-order valence-electron chi connectivity index (χ2n) is 10.6. The van der Waals surface area contributed by atoms with Crippen molar-refractivity contribution in [3.63, 3.8) is 0 Å². The number of carbonyl (C=O) groups is 2. The molecular formula is C32H26BNO2S. The third-order valence-electron chi connectivity index (χ3n) is 7.59. The third kappa shape index (κ3) is 3.48. The molecule has 2 radical (unpaired) electrons. The number of para-hydroxylation sites is 1. The molecule has 3 nitrogen and oxygen atoms in total. The highest BCUT2D eigenvalue weighted by molar-refractivity contribution is 7.17. The molecule has 4 aromatic rings. The lowest BCUT2D eigenvalue weighted by Gasteiger charge is -2.41. The zero-order chi connectivity index (χ0) is 26.2. The molecule has 1 aliphatic carbocycles. The van der Waals surface area contributed by atoms with Crippen LogP contribution in [0.2, 0.25) is 0 Å². The van der Waals surface area contributed by atoms with Gasteiger partial charge in [0.25, 0.3) is 0 Å². The monoisotopic (exact) mass is 499 g/mol. The highest BCUT2D eigenvalue weighted by atomic mass is 32.1. The summed E-state index contributed by atoms with van der Waals surface area (Å²) in [5, 5.41) is 1.12. The molecule has 0 unspecified atom stereocenters. The third-order valence-corrected chi connectivity index (χ3v) is 8.66. The summed E-state index contributed by atoms with van der Waals surface area (Å²) >= 11 is 1.62. The Kier molecular flexibility index (Phi) is 5.22. The molecule has 0 amide bonds. The number of rotatable bonds is 2. The van der Waals surface area contributed by atoms with Crippen LogP contribution in [-0.2, 0) is 5.41 Å². The quantitative estimate of drug-likeness (QED) is 0.169. The van der Waals surface area contributed by atoms with Crippen LogP contribution >= 0.6 is 11.3 Å². The van der Waals surface area contributed by atoms with E-state index in [1.165, 1.54) is 33.5 Å². The predicted octanol–water partition coefficient (Wildman–Crippen LogP) is 7.04. The van der Waals surface area contributed by atoms with Gasteiger partial charge in [0.05, 0.1) is 16.9 Å². The number of fused-ring (bicyclic) bond motifs is 3. The first kappa shape index (κ1) is 23.7. The van der Waals surface area contributed by atoms with Crippen molar-refractivity contribution in [2.75, 3.05) is 4.90 Å². The molecule has 180 valence electrons. The number of ketones is 2. The molecule has 6 rings (SSSR count). The number of nitrogens with zero attached hydrogens (tertiary/aromatic N) is 1. The van der Waals surface area contributed by atoms with Crippen molar-refractivity contribution in [3.8, 4) is 0 Å². The Bertz CT molecular complexity index is 1670. The summed E-state index contributed by atoms with van der Waals surface area (Å²) in [5.41, 5.74) is 9.65. The van der Waals surface area contributed by atoms with Crippen LogP contribution in [0.1, 0.15) is 67.3 Å². The molecule has 2 heterocycles. The van der Waals surface area contributed by atoms with E-state index in [0.29, 0.717) is 16.6 Å². The summed E-state index contributed by atoms with van der Waals surface area (Å²) in [6.45, 7) is 10.9. The fourth-order valence-corrected chi connectivity index (χ4v) is 7.18. The van der Waals surface area contributed by atoms with Gasteiger partial charge in [-0.3, -0.25) is 9.59 Å². The van der Waals surface area contributed by atoms with Gasteiger partial charge in [0.15, 0.2) is 11.6 Å². The lowest BCUT2D eigenvalue weighted by molar-refractivity contribution is 0.0990. The standard InChI is InChI=1S/C32H26BNO2S/c1-17-12-18(2)28(19(3)13-17)34-27-9-7-6-8-25(27)32(4,5)26-16-21(37-31(26)34)15-24-29(35)22-11-10-20(33)14-23(22)30(24)36/h6-16H,1-5H3/b24-15+. The highest BCUT2D eigenvalue weighted by Crippen LogP contribution is 2.56. The van der Waals surface area contributed by atoms with E-state index >= 15 is 0 Å². The first-order chi connectivity index (χ1) is 17.6. The molecule has 0 N–H and O–H groups in total. The van der Waals surface area contributed by atoms with E-state index in [-0.39, 0.29) is 22.6 Å². The van der Waals surface area contributed by atoms with Crippen LogP contribution in [0.4, 0.5) is 16.4 Å². The number of anilines is 3. The molecule has 0 saturated heterocycles. The van der Waals surface area contributed by atoms with Crippen molar-refractivity contribution in [3.05, 3.63) is 110 Å². The molecule has 3 aromatic carbocycles. The number of hydrogen-bond acceptors (Lipinski definition) is 4. The number of aryl methyl sites for hydroxylation is 3. The van der Waals surface area contributed by atoms with Gasteiger partial charge in [0, 0.05) is 21.4 Å². The van der Waals surface area contributed by atoms with E-state index in [1.54, 1.807) is 35.6 Å². The summed E-state index contributed by atoms with van der Waals surface area (Å²) in [6.07, 6.45) is 1.76. The van der Waals surface area contributed by atoms with Crippen LogP contribution in [0.15, 0.2) is 66.2 Å². The largest absolute Gasteiger partial charge is 0.301 e. The minimum Gasteiger partial charge on any atom is -0.301 e. The molecular weight excluding hydrogens is 473 g/mol. The fourth-order valence-electron chi connectivity index (χ4n) is 5.90. The lowest BCUT2D eigenvalue weighted by Crippen LogP contribution is -2.29. The molecule has 37 heavy (non-hydrogen) atoms. The fraction of sp³-hybridized carbons (Fsp3) is 0.188. The maximum Gasteiger partial charge on any atom is 0.197 e. The van der Waals surface area contributed by atoms with Crippen LogP contribution in [0.25, 0.3) is 6.08 Å². The summed E-state index contributed by atoms with van der Waals surface area (Å²) in [4.78, 5) is 29.6. The molecule has 0 fully saturated rings. The van der Waals surface area contributed by atoms with Crippen LogP contribution < -0.4 is 10.4 Å². The minimum atomic E-state index is -0.261. The summed E-state index contributed by atoms with van der Waals surface area (Å²) < 4.78 is 0. The molecule has 5 heteroatoms. The Hall–Kier alpha value is -3.70. The van der Waals surface area contributed by atoms with E-state index in [9.17, 15) is 9.59 Å². The first-order valence-electron chi connectivity index (χ1n) is 12.4. The van der Waals surface area contributed by atoms with Gasteiger partial charge < -0.3 is 4.90 Å². The number of thiophene rings is 1. The molecule has 0 atom stereocenters. The summed E-state index contributed by atoms with van der Waals surface area (Å²) in [5.74, 6) is -0.501. The van der Waals surface area contributed by atoms with Crippen molar-refractivity contribution in [2.45, 2.75) is 40.0 Å².